The first-order valence-electron chi connectivity index (χ1n) is 17.2. The molecule has 4 heterocycles. The van der Waals surface area contributed by atoms with Crippen LogP contribution in [0.25, 0.3) is 33.6 Å². The molecule has 2 amide bonds. The molecule has 1 N–H and O–H groups in total. The fraction of sp³-hybridized carbons (Fsp3) is 0.436. The highest BCUT2D eigenvalue weighted by Gasteiger charge is 2.27. The molecule has 11 heteroatoms. The van der Waals surface area contributed by atoms with Crippen LogP contribution in [-0.2, 0) is 9.47 Å². The molecule has 0 radical (unpaired) electrons. The topological polar surface area (TPSA) is 136 Å². The maximum atomic E-state index is 13.1. The van der Waals surface area contributed by atoms with Crippen LogP contribution in [0.3, 0.4) is 0 Å². The van der Waals surface area contributed by atoms with E-state index in [-0.39, 0.29) is 18.1 Å². The molecule has 2 fully saturated rings. The lowest BCUT2D eigenvalue weighted by Gasteiger charge is -2.33. The van der Waals surface area contributed by atoms with Crippen LogP contribution in [0, 0.1) is 17.2 Å². The van der Waals surface area contributed by atoms with E-state index in [0.29, 0.717) is 83.8 Å². The maximum absolute atomic E-state index is 13.1. The summed E-state index contributed by atoms with van der Waals surface area (Å²) in [6.45, 7) is 8.77. The number of rotatable bonds is 9. The zero-order valence-corrected chi connectivity index (χ0v) is 29.1. The number of piperidine rings is 1. The summed E-state index contributed by atoms with van der Waals surface area (Å²) in [6.07, 6.45) is 5.64. The molecule has 2 saturated heterocycles. The molecule has 2 aliphatic rings. The number of carbonyl (C=O) groups is 2. The van der Waals surface area contributed by atoms with E-state index in [9.17, 15) is 14.9 Å². The predicted octanol–water partition coefficient (Wildman–Crippen LogP) is 7.37. The van der Waals surface area contributed by atoms with Gasteiger partial charge in [-0.05, 0) is 87.9 Å². The summed E-state index contributed by atoms with van der Waals surface area (Å²) >= 11 is 0. The fourth-order valence-corrected chi connectivity index (χ4v) is 6.42. The average molecular weight is 681 g/mol. The van der Waals surface area contributed by atoms with Crippen molar-refractivity contribution in [2.24, 2.45) is 5.92 Å². The standard InChI is InChI=1S/C39H44N4O7/c1-39(2,3)50-38(45)43-17-11-25(12-18-43)9-15-42-37(44)27-5-7-31(34(22-27)46-4)35-23-32-36(49-35)30(10-16-41-32)26-6-8-33(28(21-26)24-40)48-29-13-19-47-20-14-29/h5-8,10,16,21-23,25,29H,9,11-15,17-20H2,1-4H3,(H,42,44). The van der Waals surface area contributed by atoms with Gasteiger partial charge in [0.25, 0.3) is 5.91 Å². The Morgan fingerprint density at radius 3 is 2.50 bits per heavy atom. The van der Waals surface area contributed by atoms with Crippen molar-refractivity contribution in [3.63, 3.8) is 0 Å². The van der Waals surface area contributed by atoms with Crippen molar-refractivity contribution in [3.05, 3.63) is 65.9 Å². The number of ether oxygens (including phenoxy) is 4. The van der Waals surface area contributed by atoms with Crippen molar-refractivity contribution >= 4 is 23.1 Å². The Balaban J connectivity index is 1.11. The van der Waals surface area contributed by atoms with Crippen molar-refractivity contribution in [2.45, 2.75) is 64.6 Å². The molecule has 4 aromatic rings. The Morgan fingerprint density at radius 1 is 1.00 bits per heavy atom. The van der Waals surface area contributed by atoms with Gasteiger partial charge in [-0.25, -0.2) is 4.79 Å². The van der Waals surface area contributed by atoms with Crippen LogP contribution in [-0.4, -0.2) is 73.5 Å². The second kappa shape index (κ2) is 15.2. The monoisotopic (exact) mass is 680 g/mol. The van der Waals surface area contributed by atoms with Gasteiger partial charge < -0.3 is 33.6 Å². The van der Waals surface area contributed by atoms with Crippen LogP contribution in [0.4, 0.5) is 4.79 Å². The van der Waals surface area contributed by atoms with Gasteiger partial charge in [0.15, 0.2) is 5.58 Å². The van der Waals surface area contributed by atoms with Gasteiger partial charge >= 0.3 is 6.09 Å². The molecule has 11 nitrogen and oxygen atoms in total. The number of fused-ring (bicyclic) bond motifs is 1. The highest BCUT2D eigenvalue weighted by atomic mass is 16.6. The molecule has 0 spiro atoms. The Bertz CT molecular complexity index is 1880. The number of likely N-dealkylation sites (tertiary alicyclic amines) is 1. The number of methoxy groups -OCH3 is 1. The largest absolute Gasteiger partial charge is 0.496 e. The Hall–Kier alpha value is -5.08. The summed E-state index contributed by atoms with van der Waals surface area (Å²) in [6, 6.07) is 16.8. The quantitative estimate of drug-likeness (QED) is 0.192. The number of hydrogen-bond acceptors (Lipinski definition) is 9. The van der Waals surface area contributed by atoms with Gasteiger partial charge in [0, 0.05) is 55.9 Å². The van der Waals surface area contributed by atoms with Crippen LogP contribution < -0.4 is 14.8 Å². The van der Waals surface area contributed by atoms with E-state index in [4.69, 9.17) is 23.4 Å². The minimum absolute atomic E-state index is 0.0245. The van der Waals surface area contributed by atoms with Gasteiger partial charge in [0.2, 0.25) is 0 Å². The molecule has 0 aliphatic carbocycles. The number of pyridine rings is 1. The molecular formula is C39H44N4O7. The summed E-state index contributed by atoms with van der Waals surface area (Å²) in [5, 5.41) is 13.0. The molecular weight excluding hydrogens is 636 g/mol. The number of furan rings is 1. The van der Waals surface area contributed by atoms with Gasteiger partial charge in [-0.15, -0.1) is 0 Å². The number of nitrogens with zero attached hydrogens (tertiary/aromatic N) is 3. The number of nitriles is 1. The number of benzene rings is 2. The highest BCUT2D eigenvalue weighted by molar-refractivity contribution is 5.96. The third-order valence-electron chi connectivity index (χ3n) is 9.12. The van der Waals surface area contributed by atoms with E-state index in [1.54, 1.807) is 30.3 Å². The smallest absolute Gasteiger partial charge is 0.410 e. The lowest BCUT2D eigenvalue weighted by atomic mass is 9.94. The van der Waals surface area contributed by atoms with Gasteiger partial charge in [-0.1, -0.05) is 6.07 Å². The Labute approximate surface area is 292 Å². The lowest BCUT2D eigenvalue weighted by molar-refractivity contribution is 0.0181. The van der Waals surface area contributed by atoms with Gasteiger partial charge in [-0.3, -0.25) is 9.78 Å². The van der Waals surface area contributed by atoms with E-state index in [1.165, 1.54) is 0 Å². The first-order valence-corrected chi connectivity index (χ1v) is 17.2. The van der Waals surface area contributed by atoms with E-state index in [1.807, 2.05) is 57.2 Å². The number of amides is 2. The average Bonchev–Trinajstić information content (AvgIpc) is 3.56. The van der Waals surface area contributed by atoms with Crippen LogP contribution in [0.2, 0.25) is 0 Å². The molecule has 50 heavy (non-hydrogen) atoms. The Kier molecular flexibility index (Phi) is 10.6. The van der Waals surface area contributed by atoms with Crippen molar-refractivity contribution in [1.29, 1.82) is 5.26 Å². The normalized spacial score (nSPS) is 15.8. The number of hydrogen-bond donors (Lipinski definition) is 1. The third-order valence-corrected chi connectivity index (χ3v) is 9.12. The van der Waals surface area contributed by atoms with Crippen molar-refractivity contribution < 1.29 is 33.0 Å². The van der Waals surface area contributed by atoms with Crippen LogP contribution >= 0.6 is 0 Å². The molecule has 2 aromatic carbocycles. The van der Waals surface area contributed by atoms with Crippen molar-refractivity contribution in [1.82, 2.24) is 15.2 Å². The zero-order chi connectivity index (χ0) is 35.3. The van der Waals surface area contributed by atoms with Crippen LogP contribution in [0.15, 0.2) is 59.1 Å². The van der Waals surface area contributed by atoms with Crippen LogP contribution in [0.5, 0.6) is 11.5 Å². The van der Waals surface area contributed by atoms with Gasteiger partial charge in [0.1, 0.15) is 40.6 Å². The minimum Gasteiger partial charge on any atom is -0.496 e. The Morgan fingerprint density at radius 2 is 1.78 bits per heavy atom. The second-order valence-electron chi connectivity index (χ2n) is 13.8. The van der Waals surface area contributed by atoms with E-state index in [2.05, 4.69) is 16.4 Å². The third kappa shape index (κ3) is 8.20. The first-order chi connectivity index (χ1) is 24.1. The molecule has 6 rings (SSSR count). The second-order valence-corrected chi connectivity index (χ2v) is 13.8. The first kappa shape index (κ1) is 34.8. The lowest BCUT2D eigenvalue weighted by Crippen LogP contribution is -2.42. The number of nitrogens with one attached hydrogen (secondary N) is 1. The van der Waals surface area contributed by atoms with E-state index in [0.717, 1.165) is 43.2 Å². The SMILES string of the molecule is COc1cc(C(=O)NCCC2CCN(C(=O)OC(C)(C)C)CC2)ccc1-c1cc2nccc(-c3ccc(OC4CCOCC4)c(C#N)c3)c2o1. The summed E-state index contributed by atoms with van der Waals surface area (Å²) in [4.78, 5) is 31.8. The molecule has 2 aliphatic heterocycles. The van der Waals surface area contributed by atoms with E-state index < -0.39 is 5.60 Å². The van der Waals surface area contributed by atoms with E-state index >= 15 is 0 Å². The van der Waals surface area contributed by atoms with Crippen LogP contribution in [0.1, 0.15) is 68.8 Å². The van der Waals surface area contributed by atoms with Crippen molar-refractivity contribution in [2.75, 3.05) is 40.0 Å². The predicted molar refractivity (Wildman–Crippen MR) is 188 cm³/mol. The summed E-state index contributed by atoms with van der Waals surface area (Å²) in [7, 11) is 1.56. The summed E-state index contributed by atoms with van der Waals surface area (Å²) < 4.78 is 29.2. The number of aromatic nitrogens is 1. The van der Waals surface area contributed by atoms with Crippen molar-refractivity contribution in [3.8, 4) is 40.0 Å². The summed E-state index contributed by atoms with van der Waals surface area (Å²) in [5.41, 5.74) is 3.93. The molecule has 0 saturated carbocycles. The maximum Gasteiger partial charge on any atom is 0.410 e. The molecule has 0 bridgehead atoms. The fourth-order valence-electron chi connectivity index (χ4n) is 6.42. The molecule has 262 valence electrons. The summed E-state index contributed by atoms with van der Waals surface area (Å²) in [5.74, 6) is 1.83. The molecule has 0 atom stereocenters. The highest BCUT2D eigenvalue weighted by Crippen LogP contribution is 2.38. The van der Waals surface area contributed by atoms with Gasteiger partial charge in [-0.2, -0.15) is 5.26 Å². The molecule has 0 unspecified atom stereocenters. The number of carbonyl (C=O) groups excluding carboxylic acids is 2. The van der Waals surface area contributed by atoms with Gasteiger partial charge in [0.05, 0.1) is 31.5 Å². The minimum atomic E-state index is -0.509. The molecule has 2 aromatic heterocycles. The zero-order valence-electron chi connectivity index (χ0n) is 29.1.